The summed E-state index contributed by atoms with van der Waals surface area (Å²) in [7, 11) is 0. The van der Waals surface area contributed by atoms with Crippen molar-refractivity contribution in [1.29, 1.82) is 0 Å². The predicted molar refractivity (Wildman–Crippen MR) is 149 cm³/mol. The van der Waals surface area contributed by atoms with Crippen LogP contribution in [-0.2, 0) is 14.3 Å². The molecule has 0 bridgehead atoms. The molecule has 4 nitrogen and oxygen atoms in total. The fraction of sp³-hybridized carbons (Fsp3) is 0.742. The van der Waals surface area contributed by atoms with Crippen LogP contribution in [0.3, 0.4) is 0 Å². The van der Waals surface area contributed by atoms with Crippen LogP contribution in [0.2, 0.25) is 0 Å². The summed E-state index contributed by atoms with van der Waals surface area (Å²) in [5.74, 6) is -0.768. The van der Waals surface area contributed by atoms with E-state index in [0.29, 0.717) is 6.42 Å². The minimum atomic E-state index is -0.719. The summed E-state index contributed by atoms with van der Waals surface area (Å²) in [5.41, 5.74) is 0. The molecule has 0 rings (SSSR count). The van der Waals surface area contributed by atoms with Gasteiger partial charge in [-0.2, -0.15) is 0 Å². The minimum Gasteiger partial charge on any atom is -0.481 e. The van der Waals surface area contributed by atoms with Crippen LogP contribution in [0.1, 0.15) is 142 Å². The average molecular weight is 491 g/mol. The number of carboxylic acid groups (broad SMARTS) is 1. The molecule has 0 aliphatic carbocycles. The first-order valence-electron chi connectivity index (χ1n) is 14.5. The Labute approximate surface area is 216 Å². The van der Waals surface area contributed by atoms with Gasteiger partial charge >= 0.3 is 11.9 Å². The Hall–Kier alpha value is -1.84. The second-order valence-corrected chi connectivity index (χ2v) is 9.55. The molecule has 35 heavy (non-hydrogen) atoms. The topological polar surface area (TPSA) is 63.6 Å². The Balaban J connectivity index is 4.01. The van der Waals surface area contributed by atoms with Crippen LogP contribution in [0.5, 0.6) is 0 Å². The third-order valence-corrected chi connectivity index (χ3v) is 6.13. The van der Waals surface area contributed by atoms with Crippen LogP contribution in [0.15, 0.2) is 36.5 Å². The highest BCUT2D eigenvalue weighted by Gasteiger charge is 2.14. The van der Waals surface area contributed by atoms with Gasteiger partial charge in [-0.15, -0.1) is 0 Å². The van der Waals surface area contributed by atoms with Gasteiger partial charge in [0.2, 0.25) is 0 Å². The van der Waals surface area contributed by atoms with Crippen molar-refractivity contribution in [3.05, 3.63) is 36.5 Å². The highest BCUT2D eigenvalue weighted by Crippen LogP contribution is 2.17. The quantitative estimate of drug-likeness (QED) is 0.0786. The lowest BCUT2D eigenvalue weighted by Gasteiger charge is -2.18. The standard InChI is InChI=1S/C31H54O4/c1-3-5-7-9-10-11-12-13-14-15-16-18-24-28-31(34)35-29(25-21-17-8-6-4-2)26-22-19-20-23-27-30(32)33/h5,7,10-11,13-14,29H,3-4,6,8-9,12,15-28H2,1-2H3,(H,32,33)/b7-5-,11-10-,14-13-. The van der Waals surface area contributed by atoms with Gasteiger partial charge in [-0.05, 0) is 70.6 Å². The third-order valence-electron chi connectivity index (χ3n) is 6.13. The number of carbonyl (C=O) groups is 2. The number of hydrogen-bond donors (Lipinski definition) is 1. The number of carboxylic acids is 1. The van der Waals surface area contributed by atoms with Gasteiger partial charge in [0.1, 0.15) is 6.10 Å². The van der Waals surface area contributed by atoms with E-state index in [-0.39, 0.29) is 18.5 Å². The van der Waals surface area contributed by atoms with Crippen LogP contribution in [-0.4, -0.2) is 23.1 Å². The Kier molecular flexibility index (Phi) is 25.4. The van der Waals surface area contributed by atoms with E-state index in [4.69, 9.17) is 9.84 Å². The van der Waals surface area contributed by atoms with E-state index in [9.17, 15) is 9.59 Å². The zero-order chi connectivity index (χ0) is 25.8. The van der Waals surface area contributed by atoms with Crippen molar-refractivity contribution in [1.82, 2.24) is 0 Å². The van der Waals surface area contributed by atoms with Crippen molar-refractivity contribution < 1.29 is 19.4 Å². The molecule has 0 amide bonds. The minimum absolute atomic E-state index is 0.0250. The van der Waals surface area contributed by atoms with Gasteiger partial charge in [-0.3, -0.25) is 9.59 Å². The number of allylic oxidation sites excluding steroid dienone is 6. The van der Waals surface area contributed by atoms with Crippen molar-refractivity contribution in [2.75, 3.05) is 0 Å². The molecule has 0 saturated heterocycles. The molecule has 0 aromatic heterocycles. The van der Waals surface area contributed by atoms with Crippen LogP contribution in [0.25, 0.3) is 0 Å². The molecule has 0 radical (unpaired) electrons. The summed E-state index contributed by atoms with van der Waals surface area (Å²) in [4.78, 5) is 23.0. The number of hydrogen-bond acceptors (Lipinski definition) is 3. The lowest BCUT2D eigenvalue weighted by molar-refractivity contribution is -0.150. The van der Waals surface area contributed by atoms with Crippen molar-refractivity contribution in [3.63, 3.8) is 0 Å². The van der Waals surface area contributed by atoms with Crippen LogP contribution < -0.4 is 0 Å². The molecular formula is C31H54O4. The molecule has 0 aliphatic rings. The van der Waals surface area contributed by atoms with Gasteiger partial charge in [0.25, 0.3) is 0 Å². The smallest absolute Gasteiger partial charge is 0.306 e. The molecule has 1 unspecified atom stereocenters. The van der Waals surface area contributed by atoms with Crippen molar-refractivity contribution in [2.45, 2.75) is 148 Å². The van der Waals surface area contributed by atoms with E-state index in [1.807, 2.05) is 0 Å². The normalized spacial score (nSPS) is 12.7. The molecular weight excluding hydrogens is 436 g/mol. The monoisotopic (exact) mass is 490 g/mol. The number of unbranched alkanes of at least 4 members (excludes halogenated alkanes) is 10. The lowest BCUT2D eigenvalue weighted by Crippen LogP contribution is -2.18. The van der Waals surface area contributed by atoms with Crippen LogP contribution >= 0.6 is 0 Å². The summed E-state index contributed by atoms with van der Waals surface area (Å²) in [6.07, 6.45) is 33.0. The molecule has 0 aliphatic heterocycles. The Morgan fingerprint density at radius 3 is 1.83 bits per heavy atom. The molecule has 0 heterocycles. The van der Waals surface area contributed by atoms with Gasteiger partial charge in [-0.1, -0.05) is 95.2 Å². The molecule has 0 aromatic rings. The van der Waals surface area contributed by atoms with Crippen molar-refractivity contribution in [3.8, 4) is 0 Å². The average Bonchev–Trinajstić information content (AvgIpc) is 2.83. The number of rotatable bonds is 25. The Morgan fingerprint density at radius 2 is 1.20 bits per heavy atom. The highest BCUT2D eigenvalue weighted by atomic mass is 16.5. The zero-order valence-corrected chi connectivity index (χ0v) is 22.9. The van der Waals surface area contributed by atoms with Gasteiger partial charge < -0.3 is 9.84 Å². The Morgan fingerprint density at radius 1 is 0.657 bits per heavy atom. The molecule has 0 fully saturated rings. The van der Waals surface area contributed by atoms with E-state index in [1.165, 1.54) is 25.7 Å². The summed E-state index contributed by atoms with van der Waals surface area (Å²) < 4.78 is 5.85. The summed E-state index contributed by atoms with van der Waals surface area (Å²) >= 11 is 0. The van der Waals surface area contributed by atoms with Gasteiger partial charge in [0.15, 0.2) is 0 Å². The zero-order valence-electron chi connectivity index (χ0n) is 22.9. The van der Waals surface area contributed by atoms with Gasteiger partial charge in [-0.25, -0.2) is 0 Å². The predicted octanol–water partition coefficient (Wildman–Crippen LogP) is 9.49. The third kappa shape index (κ3) is 26.6. The number of aliphatic carboxylic acids is 1. The SMILES string of the molecule is CC/C=C\C/C=C\C/C=C\CCCCCC(=O)OC(CCCCCCC)CCCCCCC(=O)O. The lowest BCUT2D eigenvalue weighted by atomic mass is 10.0. The fourth-order valence-electron chi connectivity index (χ4n) is 4.02. The summed E-state index contributed by atoms with van der Waals surface area (Å²) in [6.45, 7) is 4.37. The maximum Gasteiger partial charge on any atom is 0.306 e. The van der Waals surface area contributed by atoms with E-state index >= 15 is 0 Å². The molecule has 1 N–H and O–H groups in total. The summed E-state index contributed by atoms with van der Waals surface area (Å²) in [6, 6.07) is 0. The molecule has 0 saturated carbocycles. The van der Waals surface area contributed by atoms with Crippen molar-refractivity contribution >= 4 is 11.9 Å². The largest absolute Gasteiger partial charge is 0.481 e. The first kappa shape index (κ1) is 33.2. The van der Waals surface area contributed by atoms with Gasteiger partial charge in [0.05, 0.1) is 0 Å². The molecule has 1 atom stereocenters. The highest BCUT2D eigenvalue weighted by molar-refractivity contribution is 5.69. The maximum absolute atomic E-state index is 12.4. The second kappa shape index (κ2) is 26.8. The van der Waals surface area contributed by atoms with E-state index < -0.39 is 5.97 Å². The maximum atomic E-state index is 12.4. The molecule has 0 aromatic carbocycles. The molecule has 4 heteroatoms. The first-order chi connectivity index (χ1) is 17.1. The van der Waals surface area contributed by atoms with Crippen molar-refractivity contribution in [2.24, 2.45) is 0 Å². The van der Waals surface area contributed by atoms with E-state index in [0.717, 1.165) is 89.9 Å². The van der Waals surface area contributed by atoms with Crippen LogP contribution in [0, 0.1) is 0 Å². The van der Waals surface area contributed by atoms with Crippen LogP contribution in [0.4, 0.5) is 0 Å². The van der Waals surface area contributed by atoms with E-state index in [2.05, 4.69) is 50.3 Å². The summed E-state index contributed by atoms with van der Waals surface area (Å²) in [5, 5.41) is 8.74. The van der Waals surface area contributed by atoms with Gasteiger partial charge in [0, 0.05) is 12.8 Å². The number of carbonyl (C=O) groups excluding carboxylic acids is 1. The number of esters is 1. The second-order valence-electron chi connectivity index (χ2n) is 9.55. The number of ether oxygens (including phenoxy) is 1. The fourth-order valence-corrected chi connectivity index (χ4v) is 4.02. The molecule has 202 valence electrons. The van der Waals surface area contributed by atoms with E-state index in [1.54, 1.807) is 0 Å². The molecule has 0 spiro atoms. The first-order valence-corrected chi connectivity index (χ1v) is 14.5. The Bertz CT molecular complexity index is 577.